The second-order valence-corrected chi connectivity index (χ2v) is 5.17. The third-order valence-corrected chi connectivity index (χ3v) is 3.69. The molecular formula is C15H14ClFN2. The van der Waals surface area contributed by atoms with Crippen LogP contribution in [-0.4, -0.2) is 9.97 Å². The van der Waals surface area contributed by atoms with E-state index in [1.165, 1.54) is 24.1 Å². The summed E-state index contributed by atoms with van der Waals surface area (Å²) in [7, 11) is 0. The average molecular weight is 277 g/mol. The Labute approximate surface area is 116 Å². The molecule has 0 radical (unpaired) electrons. The molecule has 1 aliphatic carbocycles. The Hall–Kier alpha value is -1.48. The fourth-order valence-electron chi connectivity index (χ4n) is 2.59. The van der Waals surface area contributed by atoms with Crippen LogP contribution < -0.4 is 0 Å². The van der Waals surface area contributed by atoms with E-state index in [4.69, 9.17) is 11.6 Å². The summed E-state index contributed by atoms with van der Waals surface area (Å²) in [6.45, 7) is 0. The first-order valence-electron chi connectivity index (χ1n) is 6.55. The average Bonchev–Trinajstić information content (AvgIpc) is 2.64. The molecule has 1 aromatic heterocycles. The third-order valence-electron chi connectivity index (χ3n) is 3.52. The highest BCUT2D eigenvalue weighted by atomic mass is 35.5. The number of fused-ring (bicyclic) bond motifs is 1. The minimum Gasteiger partial charge on any atom is -0.223 e. The normalized spacial score (nSPS) is 14.8. The van der Waals surface area contributed by atoms with E-state index in [9.17, 15) is 4.39 Å². The topological polar surface area (TPSA) is 25.8 Å². The van der Waals surface area contributed by atoms with Gasteiger partial charge in [-0.2, -0.15) is 0 Å². The van der Waals surface area contributed by atoms with Crippen molar-refractivity contribution in [1.82, 2.24) is 9.97 Å². The molecule has 0 saturated carbocycles. The van der Waals surface area contributed by atoms with E-state index in [2.05, 4.69) is 9.97 Å². The van der Waals surface area contributed by atoms with Gasteiger partial charge in [0.15, 0.2) is 0 Å². The van der Waals surface area contributed by atoms with Crippen LogP contribution in [0.3, 0.4) is 0 Å². The highest BCUT2D eigenvalue weighted by Gasteiger charge is 2.17. The highest BCUT2D eigenvalue weighted by Crippen LogP contribution is 2.29. The second-order valence-electron chi connectivity index (χ2n) is 4.83. The molecule has 0 saturated heterocycles. The number of aromatic nitrogens is 2. The van der Waals surface area contributed by atoms with Crippen molar-refractivity contribution >= 4 is 11.6 Å². The zero-order chi connectivity index (χ0) is 13.2. The quantitative estimate of drug-likeness (QED) is 0.576. The SMILES string of the molecule is Fc1ccc(-c2nc(Cl)nc3c2CCCCC3)cc1. The minimum atomic E-state index is -0.241. The van der Waals surface area contributed by atoms with E-state index >= 15 is 0 Å². The lowest BCUT2D eigenvalue weighted by Crippen LogP contribution is -2.02. The summed E-state index contributed by atoms with van der Waals surface area (Å²) in [6.07, 6.45) is 5.41. The molecule has 0 bridgehead atoms. The molecule has 1 heterocycles. The summed E-state index contributed by atoms with van der Waals surface area (Å²) in [5.74, 6) is -0.241. The first-order valence-corrected chi connectivity index (χ1v) is 6.93. The van der Waals surface area contributed by atoms with Crippen molar-refractivity contribution in [3.8, 4) is 11.3 Å². The van der Waals surface area contributed by atoms with Crippen molar-refractivity contribution in [1.29, 1.82) is 0 Å². The van der Waals surface area contributed by atoms with E-state index < -0.39 is 0 Å². The molecule has 2 nitrogen and oxygen atoms in total. The maximum atomic E-state index is 13.0. The fourth-order valence-corrected chi connectivity index (χ4v) is 2.77. The molecule has 0 fully saturated rings. The highest BCUT2D eigenvalue weighted by molar-refractivity contribution is 6.28. The van der Waals surface area contributed by atoms with Crippen molar-refractivity contribution in [2.24, 2.45) is 0 Å². The summed E-state index contributed by atoms with van der Waals surface area (Å²) < 4.78 is 13.0. The van der Waals surface area contributed by atoms with Gasteiger partial charge in [0.2, 0.25) is 5.28 Å². The molecule has 0 amide bonds. The fraction of sp³-hybridized carbons (Fsp3) is 0.333. The van der Waals surface area contributed by atoms with Gasteiger partial charge < -0.3 is 0 Å². The van der Waals surface area contributed by atoms with Crippen LogP contribution in [0.4, 0.5) is 4.39 Å². The number of benzene rings is 1. The molecule has 1 aromatic carbocycles. The lowest BCUT2D eigenvalue weighted by molar-refractivity contribution is 0.628. The van der Waals surface area contributed by atoms with Gasteiger partial charge in [0, 0.05) is 16.8 Å². The van der Waals surface area contributed by atoms with Crippen LogP contribution in [0.2, 0.25) is 5.28 Å². The molecule has 0 unspecified atom stereocenters. The second kappa shape index (κ2) is 5.25. The maximum Gasteiger partial charge on any atom is 0.223 e. The predicted octanol–water partition coefficient (Wildman–Crippen LogP) is 4.21. The zero-order valence-electron chi connectivity index (χ0n) is 10.5. The van der Waals surface area contributed by atoms with Gasteiger partial charge in [-0.3, -0.25) is 0 Å². The Morgan fingerprint density at radius 3 is 2.47 bits per heavy atom. The van der Waals surface area contributed by atoms with Crippen LogP contribution in [0.1, 0.15) is 30.5 Å². The number of rotatable bonds is 1. The van der Waals surface area contributed by atoms with Gasteiger partial charge in [-0.05, 0) is 61.5 Å². The van der Waals surface area contributed by atoms with E-state index in [0.717, 1.165) is 42.6 Å². The lowest BCUT2D eigenvalue weighted by Gasteiger charge is -2.11. The molecule has 4 heteroatoms. The number of aryl methyl sites for hydroxylation is 1. The molecule has 2 aromatic rings. The first-order chi connectivity index (χ1) is 9.24. The van der Waals surface area contributed by atoms with Gasteiger partial charge in [-0.25, -0.2) is 14.4 Å². The van der Waals surface area contributed by atoms with Gasteiger partial charge in [0.05, 0.1) is 5.69 Å². The van der Waals surface area contributed by atoms with Crippen molar-refractivity contribution in [3.63, 3.8) is 0 Å². The third kappa shape index (κ3) is 2.61. The largest absolute Gasteiger partial charge is 0.223 e. The standard InChI is InChI=1S/C15H14ClFN2/c16-15-18-13-5-3-1-2-4-12(13)14(19-15)10-6-8-11(17)9-7-10/h6-9H,1-5H2. The van der Waals surface area contributed by atoms with Gasteiger partial charge in [0.1, 0.15) is 5.82 Å². The van der Waals surface area contributed by atoms with Crippen LogP contribution in [0.5, 0.6) is 0 Å². The summed E-state index contributed by atoms with van der Waals surface area (Å²) in [5, 5.41) is 0.278. The monoisotopic (exact) mass is 276 g/mol. The van der Waals surface area contributed by atoms with E-state index in [1.807, 2.05) is 0 Å². The Morgan fingerprint density at radius 1 is 0.947 bits per heavy atom. The number of nitrogens with zero attached hydrogens (tertiary/aromatic N) is 2. The smallest absolute Gasteiger partial charge is 0.223 e. The minimum absolute atomic E-state index is 0.241. The van der Waals surface area contributed by atoms with Crippen LogP contribution in [0.25, 0.3) is 11.3 Å². The van der Waals surface area contributed by atoms with E-state index in [-0.39, 0.29) is 11.1 Å². The first kappa shape index (κ1) is 12.5. The van der Waals surface area contributed by atoms with E-state index in [1.54, 1.807) is 12.1 Å². The molecule has 0 spiro atoms. The van der Waals surface area contributed by atoms with Gasteiger partial charge in [-0.1, -0.05) is 6.42 Å². The van der Waals surface area contributed by atoms with Crippen LogP contribution >= 0.6 is 11.6 Å². The Kier molecular flexibility index (Phi) is 3.47. The van der Waals surface area contributed by atoms with Crippen molar-refractivity contribution < 1.29 is 4.39 Å². The number of hydrogen-bond donors (Lipinski definition) is 0. The Morgan fingerprint density at radius 2 is 1.68 bits per heavy atom. The summed E-state index contributed by atoms with van der Waals surface area (Å²) >= 11 is 6.02. The van der Waals surface area contributed by atoms with E-state index in [0.29, 0.717) is 0 Å². The Bertz CT molecular complexity index is 596. The summed E-state index contributed by atoms with van der Waals surface area (Å²) in [4.78, 5) is 8.72. The maximum absolute atomic E-state index is 13.0. The number of halogens is 2. The molecule has 19 heavy (non-hydrogen) atoms. The molecule has 3 rings (SSSR count). The molecule has 98 valence electrons. The Balaban J connectivity index is 2.14. The zero-order valence-corrected chi connectivity index (χ0v) is 11.3. The van der Waals surface area contributed by atoms with Crippen molar-refractivity contribution in [2.45, 2.75) is 32.1 Å². The molecule has 0 aliphatic heterocycles. The summed E-state index contributed by atoms with van der Waals surface area (Å²) in [5.41, 5.74) is 3.99. The summed E-state index contributed by atoms with van der Waals surface area (Å²) in [6, 6.07) is 6.40. The van der Waals surface area contributed by atoms with Gasteiger partial charge in [-0.15, -0.1) is 0 Å². The van der Waals surface area contributed by atoms with Gasteiger partial charge in [0.25, 0.3) is 0 Å². The van der Waals surface area contributed by atoms with Crippen LogP contribution in [0, 0.1) is 5.82 Å². The lowest BCUT2D eigenvalue weighted by atomic mass is 10.0. The van der Waals surface area contributed by atoms with Crippen molar-refractivity contribution in [2.75, 3.05) is 0 Å². The molecule has 0 atom stereocenters. The van der Waals surface area contributed by atoms with Crippen LogP contribution in [-0.2, 0) is 12.8 Å². The molecule has 0 N–H and O–H groups in total. The van der Waals surface area contributed by atoms with Crippen LogP contribution in [0.15, 0.2) is 24.3 Å². The number of hydrogen-bond acceptors (Lipinski definition) is 2. The predicted molar refractivity (Wildman–Crippen MR) is 73.7 cm³/mol. The molecule has 1 aliphatic rings. The van der Waals surface area contributed by atoms with Gasteiger partial charge >= 0.3 is 0 Å². The van der Waals surface area contributed by atoms with Crippen molar-refractivity contribution in [3.05, 3.63) is 46.6 Å². The molecular weight excluding hydrogens is 263 g/mol.